The van der Waals surface area contributed by atoms with Crippen LogP contribution in [0.4, 0.5) is 4.79 Å². The molecule has 5 nitrogen and oxygen atoms in total. The van der Waals surface area contributed by atoms with E-state index in [-0.39, 0.29) is 6.10 Å². The molecular formula is C14H16BrClN2O3. The molecule has 1 atom stereocenters. The van der Waals surface area contributed by atoms with Crippen molar-refractivity contribution in [1.82, 2.24) is 10.8 Å². The van der Waals surface area contributed by atoms with Crippen molar-refractivity contribution in [1.29, 1.82) is 0 Å². The number of alkyl carbamates (subject to hydrolysis) is 1. The van der Waals surface area contributed by atoms with Crippen molar-refractivity contribution in [2.45, 2.75) is 19.4 Å². The molecule has 114 valence electrons. The first-order valence-electron chi connectivity index (χ1n) is 6.59. The summed E-state index contributed by atoms with van der Waals surface area (Å²) in [5.41, 5.74) is 4.55. The van der Waals surface area contributed by atoms with Crippen LogP contribution in [0.5, 0.6) is 0 Å². The van der Waals surface area contributed by atoms with Crippen molar-refractivity contribution in [3.05, 3.63) is 39.3 Å². The Morgan fingerprint density at radius 2 is 2.33 bits per heavy atom. The third-order valence-electron chi connectivity index (χ3n) is 2.73. The molecule has 0 fully saturated rings. The van der Waals surface area contributed by atoms with Gasteiger partial charge >= 0.3 is 6.09 Å². The summed E-state index contributed by atoms with van der Waals surface area (Å²) < 4.78 is 5.81. The number of nitrogens with one attached hydrogen (secondary N) is 2. The van der Waals surface area contributed by atoms with Crippen LogP contribution in [0.1, 0.15) is 18.9 Å². The lowest BCUT2D eigenvalue weighted by Crippen LogP contribution is -2.33. The number of rotatable bonds is 5. The minimum absolute atomic E-state index is 0.257. The van der Waals surface area contributed by atoms with E-state index >= 15 is 0 Å². The summed E-state index contributed by atoms with van der Waals surface area (Å²) in [4.78, 5) is 16.7. The second-order valence-corrected chi connectivity index (χ2v) is 5.87. The van der Waals surface area contributed by atoms with Gasteiger partial charge in [-0.2, -0.15) is 0 Å². The van der Waals surface area contributed by atoms with Crippen molar-refractivity contribution in [2.24, 2.45) is 0 Å². The number of hydrogen-bond donors (Lipinski definition) is 2. The van der Waals surface area contributed by atoms with E-state index < -0.39 is 6.09 Å². The van der Waals surface area contributed by atoms with Crippen LogP contribution < -0.4 is 10.8 Å². The number of carbonyl (C=O) groups is 1. The van der Waals surface area contributed by atoms with Crippen LogP contribution in [0.2, 0.25) is 5.02 Å². The van der Waals surface area contributed by atoms with Gasteiger partial charge in [-0.1, -0.05) is 34.5 Å². The Bertz CT molecular complexity index is 531. The molecule has 1 heterocycles. The number of amides is 1. The van der Waals surface area contributed by atoms with Crippen molar-refractivity contribution in [3.63, 3.8) is 0 Å². The molecule has 2 N–H and O–H groups in total. The zero-order valence-corrected chi connectivity index (χ0v) is 13.8. The predicted octanol–water partition coefficient (Wildman–Crippen LogP) is 3.48. The fourth-order valence-electron chi connectivity index (χ4n) is 1.79. The van der Waals surface area contributed by atoms with Crippen LogP contribution in [-0.4, -0.2) is 25.3 Å². The average molecular weight is 376 g/mol. The van der Waals surface area contributed by atoms with Crippen LogP contribution >= 0.6 is 27.5 Å². The third-order valence-corrected chi connectivity index (χ3v) is 3.41. The molecule has 1 amide bonds. The normalized spacial score (nSPS) is 17.1. The van der Waals surface area contributed by atoms with Gasteiger partial charge in [-0.3, -0.25) is 10.3 Å². The minimum Gasteiger partial charge on any atom is -0.450 e. The zero-order valence-electron chi connectivity index (χ0n) is 11.5. The van der Waals surface area contributed by atoms with Crippen molar-refractivity contribution < 1.29 is 14.4 Å². The number of halogens is 2. The largest absolute Gasteiger partial charge is 0.450 e. The number of hydroxylamine groups is 1. The average Bonchev–Trinajstić information content (AvgIpc) is 2.90. The Morgan fingerprint density at radius 1 is 1.52 bits per heavy atom. The predicted molar refractivity (Wildman–Crippen MR) is 84.8 cm³/mol. The molecule has 0 spiro atoms. The molecule has 0 radical (unpaired) electrons. The second-order valence-electron chi connectivity index (χ2n) is 4.51. The van der Waals surface area contributed by atoms with Crippen LogP contribution in [0, 0.1) is 0 Å². The van der Waals surface area contributed by atoms with Crippen LogP contribution in [0.3, 0.4) is 0 Å². The Hall–Kier alpha value is -1.24. The van der Waals surface area contributed by atoms with Gasteiger partial charge in [0.2, 0.25) is 0 Å². The molecule has 1 aliphatic heterocycles. The summed E-state index contributed by atoms with van der Waals surface area (Å²) in [5.74, 6) is 0. The van der Waals surface area contributed by atoms with Gasteiger partial charge in [0.15, 0.2) is 0 Å². The molecule has 2 rings (SSSR count). The Labute approximate surface area is 136 Å². The first-order valence-corrected chi connectivity index (χ1v) is 7.76. The van der Waals surface area contributed by atoms with Crippen molar-refractivity contribution in [3.8, 4) is 0 Å². The molecule has 0 aliphatic carbocycles. The van der Waals surface area contributed by atoms with Crippen molar-refractivity contribution in [2.75, 3.05) is 13.2 Å². The first-order chi connectivity index (χ1) is 10.1. The van der Waals surface area contributed by atoms with Crippen LogP contribution in [0.25, 0.3) is 5.70 Å². The smallest absolute Gasteiger partial charge is 0.407 e. The fourth-order valence-corrected chi connectivity index (χ4v) is 2.65. The summed E-state index contributed by atoms with van der Waals surface area (Å²) in [6, 6.07) is 5.57. The third kappa shape index (κ3) is 4.91. The molecule has 0 bridgehead atoms. The highest BCUT2D eigenvalue weighted by atomic mass is 79.9. The molecule has 0 saturated heterocycles. The van der Waals surface area contributed by atoms with Gasteiger partial charge in [0.05, 0.1) is 18.8 Å². The summed E-state index contributed by atoms with van der Waals surface area (Å²) in [7, 11) is 0. The van der Waals surface area contributed by atoms with E-state index in [1.54, 1.807) is 0 Å². The number of carbonyl (C=O) groups excluding carboxylic acids is 1. The lowest BCUT2D eigenvalue weighted by Gasteiger charge is -2.09. The molecule has 1 aromatic carbocycles. The maximum atomic E-state index is 11.3. The fraction of sp³-hybridized carbons (Fsp3) is 0.357. The van der Waals surface area contributed by atoms with E-state index in [9.17, 15) is 4.79 Å². The molecule has 0 aromatic heterocycles. The van der Waals surface area contributed by atoms with Gasteiger partial charge in [0, 0.05) is 15.1 Å². The maximum absolute atomic E-state index is 11.3. The van der Waals surface area contributed by atoms with E-state index in [1.807, 2.05) is 31.2 Å². The molecule has 0 saturated carbocycles. The monoisotopic (exact) mass is 374 g/mol. The van der Waals surface area contributed by atoms with E-state index in [2.05, 4.69) is 26.7 Å². The Morgan fingerprint density at radius 3 is 3.05 bits per heavy atom. The standard InChI is InChI=1S/C14H16BrClN2O3/c1-2-3-20-14(19)17-8-12-7-13(18-21-12)9-4-10(15)6-11(16)5-9/h4-7,12,18H,2-3,8H2,1H3,(H,17,19). The van der Waals surface area contributed by atoms with Gasteiger partial charge in [0.25, 0.3) is 0 Å². The molecule has 7 heteroatoms. The molecular weight excluding hydrogens is 360 g/mol. The SMILES string of the molecule is CCCOC(=O)NCC1C=C(c2cc(Cl)cc(Br)c2)NO1. The quantitative estimate of drug-likeness (QED) is 0.827. The maximum Gasteiger partial charge on any atom is 0.407 e. The number of ether oxygens (including phenoxy) is 1. The molecule has 21 heavy (non-hydrogen) atoms. The number of hydrogen-bond acceptors (Lipinski definition) is 4. The van der Waals surface area contributed by atoms with E-state index in [4.69, 9.17) is 21.2 Å². The highest BCUT2D eigenvalue weighted by Gasteiger charge is 2.19. The topological polar surface area (TPSA) is 59.6 Å². The zero-order chi connectivity index (χ0) is 15.2. The van der Waals surface area contributed by atoms with E-state index in [1.165, 1.54) is 0 Å². The summed E-state index contributed by atoms with van der Waals surface area (Å²) >= 11 is 9.41. The molecule has 1 aromatic rings. The Kier molecular flexibility index (Phi) is 5.90. The lowest BCUT2D eigenvalue weighted by molar-refractivity contribution is 0.0502. The minimum atomic E-state index is -0.437. The van der Waals surface area contributed by atoms with Crippen LogP contribution in [-0.2, 0) is 9.57 Å². The van der Waals surface area contributed by atoms with Crippen molar-refractivity contribution >= 4 is 39.3 Å². The van der Waals surface area contributed by atoms with Gasteiger partial charge in [-0.25, -0.2) is 4.79 Å². The first kappa shape index (κ1) is 16.1. The lowest BCUT2D eigenvalue weighted by atomic mass is 10.1. The molecule has 1 aliphatic rings. The summed E-state index contributed by atoms with van der Waals surface area (Å²) in [6.45, 7) is 2.68. The van der Waals surface area contributed by atoms with Crippen LogP contribution in [0.15, 0.2) is 28.7 Å². The second kappa shape index (κ2) is 7.68. The van der Waals surface area contributed by atoms with Gasteiger partial charge < -0.3 is 10.1 Å². The summed E-state index contributed by atoms with van der Waals surface area (Å²) in [6.07, 6.45) is 1.99. The highest BCUT2D eigenvalue weighted by Crippen LogP contribution is 2.25. The van der Waals surface area contributed by atoms with Gasteiger partial charge in [-0.15, -0.1) is 0 Å². The number of benzene rings is 1. The Balaban J connectivity index is 1.91. The van der Waals surface area contributed by atoms with E-state index in [0.717, 1.165) is 22.2 Å². The molecule has 1 unspecified atom stereocenters. The van der Waals surface area contributed by atoms with Gasteiger partial charge in [-0.05, 0) is 30.7 Å². The highest BCUT2D eigenvalue weighted by molar-refractivity contribution is 9.10. The summed E-state index contributed by atoms with van der Waals surface area (Å²) in [5, 5.41) is 3.28. The van der Waals surface area contributed by atoms with E-state index in [0.29, 0.717) is 18.2 Å². The van der Waals surface area contributed by atoms with Gasteiger partial charge in [0.1, 0.15) is 6.10 Å².